The molecule has 2 atom stereocenters. The average Bonchev–Trinajstić information content (AvgIpc) is 2.33. The molecule has 2 N–H and O–H groups in total. The van der Waals surface area contributed by atoms with Crippen LogP contribution in [0.5, 0.6) is 0 Å². The molecular formula is C7H13NO2S. The summed E-state index contributed by atoms with van der Waals surface area (Å²) >= 11 is 1.69. The Labute approximate surface area is 70.6 Å². The van der Waals surface area contributed by atoms with Gasteiger partial charge in [0.15, 0.2) is 0 Å². The number of thioether (sulfide) groups is 1. The smallest absolute Gasteiger partial charge is 0.321 e. The molecule has 1 aliphatic heterocycles. The maximum atomic E-state index is 10.5. The van der Waals surface area contributed by atoms with Crippen LogP contribution >= 0.6 is 11.8 Å². The van der Waals surface area contributed by atoms with Gasteiger partial charge in [0.25, 0.3) is 0 Å². The Hall–Kier alpha value is -0.220. The summed E-state index contributed by atoms with van der Waals surface area (Å²) in [5, 5.41) is 11.7. The number of hydrogen-bond acceptors (Lipinski definition) is 3. The third-order valence-electron chi connectivity index (χ3n) is 2.02. The van der Waals surface area contributed by atoms with Crippen LogP contribution in [0.1, 0.15) is 20.3 Å². The maximum Gasteiger partial charge on any atom is 0.321 e. The predicted octanol–water partition coefficient (Wildman–Crippen LogP) is 0.902. The van der Waals surface area contributed by atoms with Gasteiger partial charge in [0, 0.05) is 5.75 Å². The second-order valence-corrected chi connectivity index (χ2v) is 4.45. The monoisotopic (exact) mass is 175 g/mol. The highest BCUT2D eigenvalue weighted by Crippen LogP contribution is 2.32. The number of nitrogens with one attached hydrogen (secondary N) is 1. The van der Waals surface area contributed by atoms with Crippen LogP contribution in [-0.4, -0.2) is 27.7 Å². The van der Waals surface area contributed by atoms with E-state index >= 15 is 0 Å². The lowest BCUT2D eigenvalue weighted by atomic mass is 10.2. The second-order valence-electron chi connectivity index (χ2n) is 2.93. The van der Waals surface area contributed by atoms with Crippen molar-refractivity contribution in [2.24, 2.45) is 0 Å². The highest BCUT2D eigenvalue weighted by Gasteiger charge is 2.36. The zero-order valence-corrected chi connectivity index (χ0v) is 7.57. The number of carboxylic acid groups (broad SMARTS) is 1. The zero-order valence-electron chi connectivity index (χ0n) is 6.76. The van der Waals surface area contributed by atoms with Crippen LogP contribution in [-0.2, 0) is 4.79 Å². The van der Waals surface area contributed by atoms with Gasteiger partial charge < -0.3 is 5.11 Å². The first kappa shape index (κ1) is 8.87. The van der Waals surface area contributed by atoms with Crippen molar-refractivity contribution >= 4 is 17.7 Å². The Kier molecular flexibility index (Phi) is 2.44. The first-order valence-corrected chi connectivity index (χ1v) is 4.70. The molecule has 0 aromatic carbocycles. The van der Waals surface area contributed by atoms with E-state index in [0.717, 1.165) is 6.42 Å². The average molecular weight is 175 g/mol. The maximum absolute atomic E-state index is 10.5. The molecule has 0 aliphatic carbocycles. The summed E-state index contributed by atoms with van der Waals surface area (Å²) in [6.07, 6.45) is 0.960. The van der Waals surface area contributed by atoms with Gasteiger partial charge in [-0.15, -0.1) is 11.8 Å². The molecule has 1 saturated heterocycles. The highest BCUT2D eigenvalue weighted by molar-refractivity contribution is 8.00. The number of aliphatic carboxylic acids is 1. The van der Waals surface area contributed by atoms with Gasteiger partial charge in [0.05, 0.1) is 4.87 Å². The van der Waals surface area contributed by atoms with E-state index in [1.807, 2.05) is 6.92 Å². The molecule has 1 aliphatic rings. The minimum atomic E-state index is -0.741. The Balaban J connectivity index is 2.53. The fourth-order valence-corrected chi connectivity index (χ4v) is 2.25. The molecular weight excluding hydrogens is 162 g/mol. The van der Waals surface area contributed by atoms with Gasteiger partial charge in [-0.1, -0.05) is 6.92 Å². The lowest BCUT2D eigenvalue weighted by molar-refractivity contribution is -0.138. The van der Waals surface area contributed by atoms with Gasteiger partial charge in [-0.05, 0) is 13.3 Å². The number of hydrogen-bond donors (Lipinski definition) is 2. The molecule has 11 heavy (non-hydrogen) atoms. The number of carboxylic acids is 1. The Morgan fingerprint density at radius 3 is 2.82 bits per heavy atom. The molecule has 1 rings (SSSR count). The van der Waals surface area contributed by atoms with Crippen molar-refractivity contribution < 1.29 is 9.90 Å². The Morgan fingerprint density at radius 1 is 1.91 bits per heavy atom. The van der Waals surface area contributed by atoms with Crippen molar-refractivity contribution in [3.05, 3.63) is 0 Å². The summed E-state index contributed by atoms with van der Waals surface area (Å²) in [5.41, 5.74) is 0. The van der Waals surface area contributed by atoms with Crippen molar-refractivity contribution in [3.63, 3.8) is 0 Å². The van der Waals surface area contributed by atoms with E-state index in [1.165, 1.54) is 0 Å². The third-order valence-corrected chi connectivity index (χ3v) is 3.56. The quantitative estimate of drug-likeness (QED) is 0.654. The van der Waals surface area contributed by atoms with Crippen LogP contribution in [0.15, 0.2) is 0 Å². The minimum absolute atomic E-state index is 0.0247. The predicted molar refractivity (Wildman–Crippen MR) is 45.7 cm³/mol. The summed E-state index contributed by atoms with van der Waals surface area (Å²) < 4.78 is 0. The molecule has 1 unspecified atom stereocenters. The summed E-state index contributed by atoms with van der Waals surface area (Å²) in [6, 6.07) is -0.357. The SMILES string of the molecule is CCC1(C)N[C@H](C(=O)O)CS1. The van der Waals surface area contributed by atoms with E-state index in [9.17, 15) is 4.79 Å². The van der Waals surface area contributed by atoms with Gasteiger partial charge in [0.2, 0.25) is 0 Å². The molecule has 0 spiro atoms. The van der Waals surface area contributed by atoms with E-state index in [2.05, 4.69) is 12.2 Å². The molecule has 4 heteroatoms. The van der Waals surface area contributed by atoms with Gasteiger partial charge in [-0.25, -0.2) is 0 Å². The number of rotatable bonds is 2. The van der Waals surface area contributed by atoms with Crippen molar-refractivity contribution in [3.8, 4) is 0 Å². The standard InChI is InChI=1S/C7H13NO2S/c1-3-7(2)8-5(4-11-7)6(9)10/h5,8H,3-4H2,1-2H3,(H,9,10)/t5-,7?/m0/s1. The van der Waals surface area contributed by atoms with Crippen molar-refractivity contribution in [1.82, 2.24) is 5.32 Å². The highest BCUT2D eigenvalue weighted by atomic mass is 32.2. The van der Waals surface area contributed by atoms with E-state index in [-0.39, 0.29) is 10.9 Å². The second kappa shape index (κ2) is 3.03. The van der Waals surface area contributed by atoms with Crippen LogP contribution in [0.2, 0.25) is 0 Å². The largest absolute Gasteiger partial charge is 0.480 e. The lowest BCUT2D eigenvalue weighted by Gasteiger charge is -2.21. The summed E-state index contributed by atoms with van der Waals surface area (Å²) in [7, 11) is 0. The third kappa shape index (κ3) is 1.87. The molecule has 1 heterocycles. The lowest BCUT2D eigenvalue weighted by Crippen LogP contribution is -2.42. The van der Waals surface area contributed by atoms with Gasteiger partial charge in [0.1, 0.15) is 6.04 Å². The van der Waals surface area contributed by atoms with Gasteiger partial charge >= 0.3 is 5.97 Å². The Bertz CT molecular complexity index is 174. The Morgan fingerprint density at radius 2 is 2.55 bits per heavy atom. The normalized spacial score (nSPS) is 37.5. The molecule has 0 aromatic heterocycles. The molecule has 0 aromatic rings. The molecule has 0 saturated carbocycles. The first-order valence-electron chi connectivity index (χ1n) is 3.72. The van der Waals surface area contributed by atoms with Crippen LogP contribution in [0, 0.1) is 0 Å². The summed E-state index contributed by atoms with van der Waals surface area (Å²) in [4.78, 5) is 10.5. The van der Waals surface area contributed by atoms with Gasteiger partial charge in [-0.2, -0.15) is 0 Å². The molecule has 0 bridgehead atoms. The van der Waals surface area contributed by atoms with E-state index in [0.29, 0.717) is 5.75 Å². The summed E-state index contributed by atoms with van der Waals surface area (Å²) in [6.45, 7) is 4.10. The van der Waals surface area contributed by atoms with Crippen LogP contribution in [0.3, 0.4) is 0 Å². The summed E-state index contributed by atoms with van der Waals surface area (Å²) in [5.74, 6) is -0.0608. The van der Waals surface area contributed by atoms with Crippen LogP contribution in [0.25, 0.3) is 0 Å². The topological polar surface area (TPSA) is 49.3 Å². The van der Waals surface area contributed by atoms with E-state index in [1.54, 1.807) is 11.8 Å². The molecule has 0 radical (unpaired) electrons. The zero-order chi connectivity index (χ0) is 8.48. The number of carbonyl (C=O) groups is 1. The van der Waals surface area contributed by atoms with Crippen molar-refractivity contribution in [2.75, 3.05) is 5.75 Å². The molecule has 0 amide bonds. The van der Waals surface area contributed by atoms with Gasteiger partial charge in [-0.3, -0.25) is 10.1 Å². The fraction of sp³-hybridized carbons (Fsp3) is 0.857. The van der Waals surface area contributed by atoms with E-state index < -0.39 is 5.97 Å². The van der Waals surface area contributed by atoms with Crippen LogP contribution in [0.4, 0.5) is 0 Å². The molecule has 1 fully saturated rings. The molecule has 64 valence electrons. The fourth-order valence-electron chi connectivity index (χ4n) is 1.06. The van der Waals surface area contributed by atoms with Crippen molar-refractivity contribution in [2.45, 2.75) is 31.2 Å². The molecule has 3 nitrogen and oxygen atoms in total. The van der Waals surface area contributed by atoms with Crippen molar-refractivity contribution in [1.29, 1.82) is 0 Å². The first-order chi connectivity index (χ1) is 5.07. The van der Waals surface area contributed by atoms with E-state index in [4.69, 9.17) is 5.11 Å². The minimum Gasteiger partial charge on any atom is -0.480 e. The van der Waals surface area contributed by atoms with Crippen LogP contribution < -0.4 is 5.32 Å².